The summed E-state index contributed by atoms with van der Waals surface area (Å²) in [6.45, 7) is 6.14. The molecule has 0 radical (unpaired) electrons. The average molecular weight is 395 g/mol. The summed E-state index contributed by atoms with van der Waals surface area (Å²) < 4.78 is 46.6. The molecule has 128 valence electrons. The second-order valence-electron chi connectivity index (χ2n) is 6.27. The molecule has 4 nitrogen and oxygen atoms in total. The van der Waals surface area contributed by atoms with Crippen molar-refractivity contribution in [3.05, 3.63) is 28.0 Å². The van der Waals surface area contributed by atoms with Crippen LogP contribution in [0.2, 0.25) is 0 Å². The quantitative estimate of drug-likeness (QED) is 0.534. The van der Waals surface area contributed by atoms with Gasteiger partial charge in [-0.3, -0.25) is 0 Å². The highest BCUT2D eigenvalue weighted by Gasteiger charge is 2.29. The van der Waals surface area contributed by atoms with E-state index in [9.17, 15) is 18.0 Å². The molecule has 1 amide bonds. The number of halogens is 4. The highest BCUT2D eigenvalue weighted by molar-refractivity contribution is 9.10. The van der Waals surface area contributed by atoms with Gasteiger partial charge < -0.3 is 14.5 Å². The third kappa shape index (κ3) is 4.10. The molecular formula is C15H18BrF3N2O2. The summed E-state index contributed by atoms with van der Waals surface area (Å²) in [7, 11) is 0. The van der Waals surface area contributed by atoms with Gasteiger partial charge in [0.25, 0.3) is 0 Å². The first-order valence-corrected chi connectivity index (χ1v) is 7.95. The molecule has 1 saturated heterocycles. The summed E-state index contributed by atoms with van der Waals surface area (Å²) in [5.41, 5.74) is -1.02. The molecule has 0 spiro atoms. The van der Waals surface area contributed by atoms with Crippen LogP contribution in [0.4, 0.5) is 23.7 Å². The lowest BCUT2D eigenvalue weighted by Gasteiger charge is -2.37. The fourth-order valence-corrected chi connectivity index (χ4v) is 2.66. The Morgan fingerprint density at radius 3 is 2.22 bits per heavy atom. The van der Waals surface area contributed by atoms with Crippen molar-refractivity contribution < 1.29 is 22.7 Å². The molecule has 1 aliphatic rings. The van der Waals surface area contributed by atoms with Crippen molar-refractivity contribution in [3.63, 3.8) is 0 Å². The second-order valence-corrected chi connectivity index (χ2v) is 7.13. The minimum Gasteiger partial charge on any atom is -0.444 e. The highest BCUT2D eigenvalue weighted by atomic mass is 79.9. The Labute approximate surface area is 141 Å². The lowest BCUT2D eigenvalue weighted by atomic mass is 10.2. The van der Waals surface area contributed by atoms with Gasteiger partial charge in [-0.25, -0.2) is 18.0 Å². The van der Waals surface area contributed by atoms with E-state index in [4.69, 9.17) is 4.74 Å². The number of benzene rings is 1. The van der Waals surface area contributed by atoms with E-state index in [1.54, 1.807) is 20.8 Å². The molecule has 1 aromatic rings. The standard InChI is InChI=1S/C15H18BrF3N2O2/c1-15(2,3)23-14(22)21-6-4-20(5-7-21)13-10(17)8-9(16)11(18)12(13)19/h8H,4-7H2,1-3H3. The predicted octanol–water partition coefficient (Wildman–Crippen LogP) is 3.92. The number of hydrogen-bond donors (Lipinski definition) is 0. The summed E-state index contributed by atoms with van der Waals surface area (Å²) in [5, 5.41) is 0. The number of carbonyl (C=O) groups excluding carboxylic acids is 1. The van der Waals surface area contributed by atoms with Crippen LogP contribution >= 0.6 is 15.9 Å². The van der Waals surface area contributed by atoms with E-state index < -0.39 is 34.8 Å². The molecule has 0 atom stereocenters. The third-order valence-corrected chi connectivity index (χ3v) is 3.91. The number of hydrogen-bond acceptors (Lipinski definition) is 3. The van der Waals surface area contributed by atoms with E-state index in [1.165, 1.54) is 9.80 Å². The van der Waals surface area contributed by atoms with Gasteiger partial charge in [-0.1, -0.05) is 0 Å². The Hall–Kier alpha value is -1.44. The summed E-state index contributed by atoms with van der Waals surface area (Å²) in [6.07, 6.45) is -0.472. The highest BCUT2D eigenvalue weighted by Crippen LogP contribution is 2.31. The molecule has 1 aromatic carbocycles. The Balaban J connectivity index is 2.08. The summed E-state index contributed by atoms with van der Waals surface area (Å²) in [6, 6.07) is 0.897. The predicted molar refractivity (Wildman–Crippen MR) is 84.0 cm³/mol. The molecule has 0 N–H and O–H groups in total. The van der Waals surface area contributed by atoms with E-state index in [-0.39, 0.29) is 30.7 Å². The smallest absolute Gasteiger partial charge is 0.410 e. The van der Waals surface area contributed by atoms with Crippen LogP contribution in [0.25, 0.3) is 0 Å². The Morgan fingerprint density at radius 2 is 1.70 bits per heavy atom. The zero-order chi connectivity index (χ0) is 17.4. The molecule has 0 bridgehead atoms. The zero-order valence-electron chi connectivity index (χ0n) is 13.1. The summed E-state index contributed by atoms with van der Waals surface area (Å²) >= 11 is 2.77. The van der Waals surface area contributed by atoms with Gasteiger partial charge in [0, 0.05) is 26.2 Å². The first kappa shape index (κ1) is 17.9. The SMILES string of the molecule is CC(C)(C)OC(=O)N1CCN(c2c(F)cc(Br)c(F)c2F)CC1. The van der Waals surface area contributed by atoms with E-state index >= 15 is 0 Å². The Kier molecular flexibility index (Phi) is 5.13. The van der Waals surface area contributed by atoms with E-state index in [0.717, 1.165) is 6.07 Å². The van der Waals surface area contributed by atoms with Crippen molar-refractivity contribution in [3.8, 4) is 0 Å². The number of amides is 1. The van der Waals surface area contributed by atoms with Gasteiger partial charge in [-0.15, -0.1) is 0 Å². The van der Waals surface area contributed by atoms with Crippen LogP contribution < -0.4 is 4.90 Å². The van der Waals surface area contributed by atoms with E-state index in [1.807, 2.05) is 0 Å². The van der Waals surface area contributed by atoms with Crippen LogP contribution in [-0.4, -0.2) is 42.8 Å². The fraction of sp³-hybridized carbons (Fsp3) is 0.533. The topological polar surface area (TPSA) is 32.8 Å². The van der Waals surface area contributed by atoms with Gasteiger partial charge in [0.2, 0.25) is 0 Å². The summed E-state index contributed by atoms with van der Waals surface area (Å²) in [4.78, 5) is 14.8. The van der Waals surface area contributed by atoms with Gasteiger partial charge in [0.1, 0.15) is 11.3 Å². The molecule has 1 fully saturated rings. The minimum atomic E-state index is -1.23. The maximum absolute atomic E-state index is 14.0. The van der Waals surface area contributed by atoms with Crippen molar-refractivity contribution in [2.24, 2.45) is 0 Å². The monoisotopic (exact) mass is 394 g/mol. The number of piperazine rings is 1. The molecule has 0 saturated carbocycles. The second kappa shape index (κ2) is 6.59. The maximum Gasteiger partial charge on any atom is 0.410 e. The fourth-order valence-electron chi connectivity index (χ4n) is 2.29. The largest absolute Gasteiger partial charge is 0.444 e. The van der Waals surface area contributed by atoms with Crippen molar-refractivity contribution >= 4 is 27.7 Å². The number of anilines is 1. The molecule has 2 rings (SSSR count). The Morgan fingerprint density at radius 1 is 1.13 bits per heavy atom. The van der Waals surface area contributed by atoms with Gasteiger partial charge in [0.15, 0.2) is 17.5 Å². The minimum absolute atomic E-state index is 0.189. The van der Waals surface area contributed by atoms with E-state index in [2.05, 4.69) is 15.9 Å². The van der Waals surface area contributed by atoms with Crippen molar-refractivity contribution in [1.82, 2.24) is 4.90 Å². The van der Waals surface area contributed by atoms with Crippen LogP contribution in [0.1, 0.15) is 20.8 Å². The van der Waals surface area contributed by atoms with Crippen LogP contribution in [0.3, 0.4) is 0 Å². The summed E-state index contributed by atoms with van der Waals surface area (Å²) in [5.74, 6) is -3.21. The van der Waals surface area contributed by atoms with Crippen LogP contribution in [-0.2, 0) is 4.74 Å². The van der Waals surface area contributed by atoms with Gasteiger partial charge in [-0.05, 0) is 42.8 Å². The first-order valence-electron chi connectivity index (χ1n) is 7.16. The van der Waals surface area contributed by atoms with Gasteiger partial charge in [0.05, 0.1) is 4.47 Å². The van der Waals surface area contributed by atoms with Crippen LogP contribution in [0.5, 0.6) is 0 Å². The number of nitrogens with zero attached hydrogens (tertiary/aromatic N) is 2. The van der Waals surface area contributed by atoms with Gasteiger partial charge in [-0.2, -0.15) is 0 Å². The van der Waals surface area contributed by atoms with E-state index in [0.29, 0.717) is 0 Å². The van der Waals surface area contributed by atoms with Crippen molar-refractivity contribution in [2.75, 3.05) is 31.1 Å². The molecular weight excluding hydrogens is 377 g/mol. The molecule has 0 aliphatic carbocycles. The lowest BCUT2D eigenvalue weighted by molar-refractivity contribution is 0.0240. The zero-order valence-corrected chi connectivity index (χ0v) is 14.7. The maximum atomic E-state index is 14.0. The van der Waals surface area contributed by atoms with Gasteiger partial charge >= 0.3 is 6.09 Å². The molecule has 8 heteroatoms. The van der Waals surface area contributed by atoms with Crippen molar-refractivity contribution in [2.45, 2.75) is 26.4 Å². The molecule has 1 aliphatic heterocycles. The third-order valence-electron chi connectivity index (χ3n) is 3.34. The normalized spacial score (nSPS) is 15.8. The number of ether oxygens (including phenoxy) is 1. The lowest BCUT2D eigenvalue weighted by Crippen LogP contribution is -2.50. The average Bonchev–Trinajstić information content (AvgIpc) is 2.44. The molecule has 0 aromatic heterocycles. The number of carbonyl (C=O) groups is 1. The Bertz CT molecular complexity index is 612. The van der Waals surface area contributed by atoms with Crippen LogP contribution in [0.15, 0.2) is 10.5 Å². The first-order chi connectivity index (χ1) is 10.6. The molecule has 23 heavy (non-hydrogen) atoms. The molecule has 1 heterocycles. The molecule has 0 unspecified atom stereocenters. The van der Waals surface area contributed by atoms with Crippen LogP contribution in [0, 0.1) is 17.5 Å². The number of rotatable bonds is 1. The van der Waals surface area contributed by atoms with Crippen molar-refractivity contribution in [1.29, 1.82) is 0 Å².